The topological polar surface area (TPSA) is 4.93 Å². The van der Waals surface area contributed by atoms with E-state index in [1.807, 2.05) is 11.3 Å². The van der Waals surface area contributed by atoms with E-state index in [-0.39, 0.29) is 0 Å². The molecule has 128 valence electrons. The van der Waals surface area contributed by atoms with Gasteiger partial charge in [0.15, 0.2) is 0 Å². The van der Waals surface area contributed by atoms with Crippen molar-refractivity contribution in [1.29, 1.82) is 0 Å². The molecule has 0 saturated heterocycles. The third-order valence-corrected chi connectivity index (χ3v) is 6.81. The molecule has 0 bridgehead atoms. The van der Waals surface area contributed by atoms with Crippen LogP contribution in [0.3, 0.4) is 0 Å². The maximum Gasteiger partial charge on any atom is 0.0502 e. The average Bonchev–Trinajstić information content (AvgIpc) is 3.23. The van der Waals surface area contributed by atoms with Gasteiger partial charge in [-0.25, -0.2) is 0 Å². The maximum absolute atomic E-state index is 2.38. The molecule has 0 aliphatic rings. The van der Waals surface area contributed by atoms with Crippen LogP contribution in [0.1, 0.15) is 0 Å². The van der Waals surface area contributed by atoms with Crippen LogP contribution in [-0.2, 0) is 7.05 Å². The van der Waals surface area contributed by atoms with Gasteiger partial charge < -0.3 is 4.57 Å². The number of fused-ring (bicyclic) bond motifs is 6. The summed E-state index contributed by atoms with van der Waals surface area (Å²) in [6, 6.07) is 30.7. The third-order valence-electron chi connectivity index (χ3n) is 5.61. The molecule has 0 spiro atoms. The first-order valence-corrected chi connectivity index (χ1v) is 10.0. The zero-order valence-electron chi connectivity index (χ0n) is 14.9. The fraction of sp³-hybridized carbons (Fsp3) is 0.0400. The lowest BCUT2D eigenvalue weighted by atomic mass is 9.97. The molecule has 6 aromatic rings. The molecular weight excluding hydrogens is 346 g/mol. The lowest BCUT2D eigenvalue weighted by Gasteiger charge is -2.08. The van der Waals surface area contributed by atoms with E-state index in [4.69, 9.17) is 0 Å². The van der Waals surface area contributed by atoms with Gasteiger partial charge in [0.05, 0.1) is 5.52 Å². The van der Waals surface area contributed by atoms with E-state index in [0.29, 0.717) is 0 Å². The van der Waals surface area contributed by atoms with Crippen molar-refractivity contribution in [2.45, 2.75) is 0 Å². The third kappa shape index (κ3) is 1.99. The highest BCUT2D eigenvalue weighted by Crippen LogP contribution is 2.46. The highest BCUT2D eigenvalue weighted by atomic mass is 32.1. The largest absolute Gasteiger partial charge is 0.344 e. The lowest BCUT2D eigenvalue weighted by Crippen LogP contribution is -1.87. The zero-order chi connectivity index (χ0) is 18.0. The first-order valence-electron chi connectivity index (χ1n) is 9.20. The molecule has 0 fully saturated rings. The number of nitrogens with zero attached hydrogens (tertiary/aromatic N) is 1. The summed E-state index contributed by atoms with van der Waals surface area (Å²) in [4.78, 5) is 0. The Kier molecular flexibility index (Phi) is 3.03. The molecule has 0 radical (unpaired) electrons. The van der Waals surface area contributed by atoms with Crippen LogP contribution in [0.15, 0.2) is 84.9 Å². The van der Waals surface area contributed by atoms with Crippen LogP contribution in [0.25, 0.3) is 53.1 Å². The van der Waals surface area contributed by atoms with E-state index in [0.717, 1.165) is 0 Å². The molecule has 0 N–H and O–H groups in total. The summed E-state index contributed by atoms with van der Waals surface area (Å²) in [6.45, 7) is 0. The standard InChI is InChI=1S/C25H17NS/c1-26-20-13-7-5-12-18(20)24-21(26)15-19-17-11-6-8-14-22(17)27-25(19)23(24)16-9-3-2-4-10-16/h2-15H,1H3. The average molecular weight is 363 g/mol. The van der Waals surface area contributed by atoms with E-state index < -0.39 is 0 Å². The van der Waals surface area contributed by atoms with Crippen LogP contribution in [0.4, 0.5) is 0 Å². The number of para-hydroxylation sites is 1. The zero-order valence-corrected chi connectivity index (χ0v) is 15.8. The van der Waals surface area contributed by atoms with Gasteiger partial charge in [-0.3, -0.25) is 0 Å². The summed E-state index contributed by atoms with van der Waals surface area (Å²) in [7, 11) is 2.18. The second-order valence-electron chi connectivity index (χ2n) is 7.06. The Labute approximate surface area is 161 Å². The Bertz CT molecular complexity index is 1470. The van der Waals surface area contributed by atoms with Crippen molar-refractivity contribution in [3.8, 4) is 11.1 Å². The summed E-state index contributed by atoms with van der Waals surface area (Å²) >= 11 is 1.91. The van der Waals surface area contributed by atoms with Crippen LogP contribution >= 0.6 is 11.3 Å². The van der Waals surface area contributed by atoms with E-state index >= 15 is 0 Å². The van der Waals surface area contributed by atoms with Crippen molar-refractivity contribution in [1.82, 2.24) is 4.57 Å². The highest BCUT2D eigenvalue weighted by Gasteiger charge is 2.19. The van der Waals surface area contributed by atoms with E-state index in [1.165, 1.54) is 53.1 Å². The minimum atomic E-state index is 1.28. The quantitative estimate of drug-likeness (QED) is 0.287. The van der Waals surface area contributed by atoms with Crippen LogP contribution in [0.5, 0.6) is 0 Å². The van der Waals surface area contributed by atoms with Crippen molar-refractivity contribution >= 4 is 53.3 Å². The molecule has 1 nitrogen and oxygen atoms in total. The van der Waals surface area contributed by atoms with Crippen molar-refractivity contribution in [2.75, 3.05) is 0 Å². The summed E-state index contributed by atoms with van der Waals surface area (Å²) in [5.41, 5.74) is 5.23. The van der Waals surface area contributed by atoms with Gasteiger partial charge in [-0.2, -0.15) is 0 Å². The molecule has 0 unspecified atom stereocenters. The number of aromatic nitrogens is 1. The Hall–Kier alpha value is -3.10. The predicted octanol–water partition coefficient (Wildman–Crippen LogP) is 7.37. The Morgan fingerprint density at radius 3 is 2.22 bits per heavy atom. The van der Waals surface area contributed by atoms with Gasteiger partial charge in [-0.15, -0.1) is 11.3 Å². The van der Waals surface area contributed by atoms with E-state index in [2.05, 4.69) is 96.5 Å². The molecule has 0 saturated carbocycles. The summed E-state index contributed by atoms with van der Waals surface area (Å²) < 4.78 is 5.07. The van der Waals surface area contributed by atoms with Gasteiger partial charge in [0.1, 0.15) is 0 Å². The fourth-order valence-electron chi connectivity index (χ4n) is 4.37. The lowest BCUT2D eigenvalue weighted by molar-refractivity contribution is 1.02. The minimum Gasteiger partial charge on any atom is -0.344 e. The molecule has 6 rings (SSSR count). The molecular formula is C25H17NS. The fourth-order valence-corrected chi connectivity index (χ4v) is 5.62. The monoisotopic (exact) mass is 363 g/mol. The van der Waals surface area contributed by atoms with Crippen molar-refractivity contribution in [2.24, 2.45) is 7.05 Å². The van der Waals surface area contributed by atoms with Gasteiger partial charge in [-0.1, -0.05) is 66.7 Å². The molecule has 2 aromatic heterocycles. The highest BCUT2D eigenvalue weighted by molar-refractivity contribution is 7.26. The second kappa shape index (κ2) is 5.45. The second-order valence-corrected chi connectivity index (χ2v) is 8.11. The first kappa shape index (κ1) is 15.0. The smallest absolute Gasteiger partial charge is 0.0502 e. The molecule has 0 amide bonds. The summed E-state index contributed by atoms with van der Waals surface area (Å²) in [5.74, 6) is 0. The van der Waals surface area contributed by atoms with Gasteiger partial charge in [-0.05, 0) is 23.8 Å². The van der Waals surface area contributed by atoms with Crippen molar-refractivity contribution in [3.63, 3.8) is 0 Å². The number of aryl methyl sites for hydroxylation is 1. The van der Waals surface area contributed by atoms with Gasteiger partial charge in [0.25, 0.3) is 0 Å². The minimum absolute atomic E-state index is 1.28. The molecule has 4 aromatic carbocycles. The van der Waals surface area contributed by atoms with Gasteiger partial charge >= 0.3 is 0 Å². The normalized spacial score (nSPS) is 11.9. The Balaban J connectivity index is 1.96. The predicted molar refractivity (Wildman–Crippen MR) is 119 cm³/mol. The van der Waals surface area contributed by atoms with E-state index in [9.17, 15) is 0 Å². The van der Waals surface area contributed by atoms with Gasteiger partial charge in [0, 0.05) is 49.1 Å². The molecule has 27 heavy (non-hydrogen) atoms. The van der Waals surface area contributed by atoms with Crippen LogP contribution < -0.4 is 0 Å². The Morgan fingerprint density at radius 1 is 0.667 bits per heavy atom. The molecule has 0 aliphatic heterocycles. The summed E-state index contributed by atoms with van der Waals surface area (Å²) in [5, 5.41) is 5.39. The van der Waals surface area contributed by atoms with Crippen LogP contribution in [-0.4, -0.2) is 4.57 Å². The number of hydrogen-bond acceptors (Lipinski definition) is 1. The first-order chi connectivity index (χ1) is 13.3. The number of hydrogen-bond donors (Lipinski definition) is 0. The van der Waals surface area contributed by atoms with Crippen LogP contribution in [0, 0.1) is 0 Å². The number of benzene rings is 4. The maximum atomic E-state index is 2.38. The summed E-state index contributed by atoms with van der Waals surface area (Å²) in [6.07, 6.45) is 0. The number of thiophene rings is 1. The van der Waals surface area contributed by atoms with Crippen molar-refractivity contribution in [3.05, 3.63) is 84.9 Å². The van der Waals surface area contributed by atoms with Crippen molar-refractivity contribution < 1.29 is 0 Å². The molecule has 2 heteroatoms. The number of rotatable bonds is 1. The molecule has 0 atom stereocenters. The Morgan fingerprint density at radius 2 is 1.37 bits per heavy atom. The van der Waals surface area contributed by atoms with Gasteiger partial charge in [0.2, 0.25) is 0 Å². The molecule has 2 heterocycles. The van der Waals surface area contributed by atoms with Crippen LogP contribution in [0.2, 0.25) is 0 Å². The SMILES string of the molecule is Cn1c2ccccc2c2c(-c3ccccc3)c3sc4ccccc4c3cc21. The van der Waals surface area contributed by atoms with E-state index in [1.54, 1.807) is 0 Å². The molecule has 0 aliphatic carbocycles.